The number of nitrogens with zero attached hydrogens (tertiary/aromatic N) is 5. The van der Waals surface area contributed by atoms with Crippen molar-refractivity contribution in [3.63, 3.8) is 0 Å². The Balaban J connectivity index is 1.77. The largest absolute Gasteiger partial charge is 0.499 e. The predicted molar refractivity (Wildman–Crippen MR) is 150 cm³/mol. The van der Waals surface area contributed by atoms with Gasteiger partial charge in [-0.05, 0) is 45.4 Å². The zero-order valence-electron chi connectivity index (χ0n) is 22.8. The van der Waals surface area contributed by atoms with E-state index in [9.17, 15) is 18.4 Å². The summed E-state index contributed by atoms with van der Waals surface area (Å²) in [5, 5.41) is -0.168. The molecule has 0 aliphatic rings. The summed E-state index contributed by atoms with van der Waals surface area (Å²) in [6.45, 7) is 6.77. The van der Waals surface area contributed by atoms with Crippen molar-refractivity contribution in [3.8, 4) is 22.8 Å². The van der Waals surface area contributed by atoms with Crippen LogP contribution in [0, 0.1) is 25.5 Å². The van der Waals surface area contributed by atoms with Crippen molar-refractivity contribution in [2.45, 2.75) is 38.5 Å². The van der Waals surface area contributed by atoms with Crippen LogP contribution in [-0.4, -0.2) is 53.2 Å². The summed E-state index contributed by atoms with van der Waals surface area (Å²) in [4.78, 5) is 42.7. The molecule has 1 N–H and O–H groups in total. The highest BCUT2D eigenvalue weighted by Crippen LogP contribution is 2.31. The normalized spacial score (nSPS) is 11.8. The number of amides is 1. The Morgan fingerprint density at radius 1 is 1.07 bits per heavy atom. The fraction of sp³-hybridized carbons (Fsp3) is 0.259. The van der Waals surface area contributed by atoms with Crippen LogP contribution in [0.1, 0.15) is 36.6 Å². The summed E-state index contributed by atoms with van der Waals surface area (Å²) in [5.41, 5.74) is -0.0158. The van der Waals surface area contributed by atoms with Crippen molar-refractivity contribution in [1.82, 2.24) is 29.8 Å². The topological polar surface area (TPSA) is 112 Å². The lowest BCUT2D eigenvalue weighted by molar-refractivity contribution is -0.125. The minimum atomic E-state index is -2.38. The number of hydrogen-bond donors (Lipinski definition) is 1. The first kappa shape index (κ1) is 29.9. The average Bonchev–Trinajstić information content (AvgIpc) is 2.91. The second-order valence-electron chi connectivity index (χ2n) is 9.81. The van der Waals surface area contributed by atoms with E-state index in [1.165, 1.54) is 23.9 Å². The number of carbonyl (C=O) groups is 1. The van der Waals surface area contributed by atoms with Crippen LogP contribution in [0.5, 0.6) is 5.75 Å². The number of hydrogen-bond acceptors (Lipinski definition) is 7. The zero-order valence-corrected chi connectivity index (χ0v) is 23.5. The van der Waals surface area contributed by atoms with Gasteiger partial charge in [0.25, 0.3) is 5.56 Å². The predicted octanol–water partition coefficient (Wildman–Crippen LogP) is 3.18. The first-order valence-corrected chi connectivity index (χ1v) is 12.6. The maximum absolute atomic E-state index is 14.3. The van der Waals surface area contributed by atoms with Crippen LogP contribution in [0.25, 0.3) is 17.1 Å². The van der Waals surface area contributed by atoms with E-state index < -0.39 is 38.7 Å². The van der Waals surface area contributed by atoms with E-state index >= 15 is 0 Å². The zero-order chi connectivity index (χ0) is 30.3. The lowest BCUT2D eigenvalue weighted by atomic mass is 9.62. The van der Waals surface area contributed by atoms with Crippen molar-refractivity contribution in [2.75, 3.05) is 7.05 Å². The number of carbonyl (C=O) groups excluding carboxylic acids is 1. The SMILES string of the molecule is [B]C([B])(Oc1cc(C)n(-c2cc(-c3ccnc(C(C)(C)C(=O)NC)n3)ncc2C)c(=O)c1Cl)c1ncc(F)cc1F. The molecule has 0 unspecified atom stereocenters. The molecule has 4 heterocycles. The average molecular weight is 575 g/mol. The summed E-state index contributed by atoms with van der Waals surface area (Å²) in [6, 6.07) is 5.23. The molecule has 14 heteroatoms. The van der Waals surface area contributed by atoms with Gasteiger partial charge in [-0.3, -0.25) is 24.1 Å². The Bertz CT molecular complexity index is 1730. The molecule has 0 saturated heterocycles. The van der Waals surface area contributed by atoms with E-state index in [4.69, 9.17) is 32.0 Å². The summed E-state index contributed by atoms with van der Waals surface area (Å²) in [6.07, 6.45) is 3.81. The van der Waals surface area contributed by atoms with E-state index in [0.29, 0.717) is 34.4 Å². The first-order chi connectivity index (χ1) is 19.2. The highest BCUT2D eigenvalue weighted by Gasteiger charge is 2.33. The van der Waals surface area contributed by atoms with Gasteiger partial charge in [0.05, 0.1) is 28.7 Å². The lowest BCUT2D eigenvalue weighted by Crippen LogP contribution is -2.39. The Morgan fingerprint density at radius 3 is 2.44 bits per heavy atom. The van der Waals surface area contributed by atoms with Gasteiger partial charge in [0.15, 0.2) is 0 Å². The van der Waals surface area contributed by atoms with E-state index in [0.717, 1.165) is 6.20 Å². The number of rotatable bonds is 7. The van der Waals surface area contributed by atoms with E-state index in [2.05, 4.69) is 25.3 Å². The number of likely N-dealkylation sites (N-methyl/N-ethyl adjacent to an activating group) is 1. The van der Waals surface area contributed by atoms with Crippen molar-refractivity contribution in [3.05, 3.63) is 92.6 Å². The van der Waals surface area contributed by atoms with Gasteiger partial charge in [0, 0.05) is 37.3 Å². The molecular weight excluding hydrogens is 551 g/mol. The second kappa shape index (κ2) is 11.0. The molecule has 41 heavy (non-hydrogen) atoms. The molecule has 0 aromatic carbocycles. The van der Waals surface area contributed by atoms with Gasteiger partial charge in [-0.15, -0.1) is 0 Å². The third-order valence-electron chi connectivity index (χ3n) is 6.34. The number of aromatic nitrogens is 5. The minimum absolute atomic E-state index is 0.232. The van der Waals surface area contributed by atoms with Crippen LogP contribution >= 0.6 is 11.6 Å². The van der Waals surface area contributed by atoms with Gasteiger partial charge in [0.2, 0.25) is 5.91 Å². The summed E-state index contributed by atoms with van der Waals surface area (Å²) >= 11 is 6.38. The van der Waals surface area contributed by atoms with Gasteiger partial charge in [-0.1, -0.05) is 11.6 Å². The van der Waals surface area contributed by atoms with Gasteiger partial charge in [-0.2, -0.15) is 0 Å². The van der Waals surface area contributed by atoms with Crippen LogP contribution in [0.15, 0.2) is 47.7 Å². The highest BCUT2D eigenvalue weighted by molar-refractivity contribution is 6.39. The van der Waals surface area contributed by atoms with Crippen molar-refractivity contribution in [2.24, 2.45) is 0 Å². The molecule has 0 aliphatic heterocycles. The van der Waals surface area contributed by atoms with Gasteiger partial charge < -0.3 is 10.1 Å². The maximum Gasteiger partial charge on any atom is 0.277 e. The minimum Gasteiger partial charge on any atom is -0.499 e. The molecule has 0 spiro atoms. The number of pyridine rings is 3. The molecular formula is C27H23B2ClF2N6O3. The summed E-state index contributed by atoms with van der Waals surface area (Å²) in [5.74, 6) is -2.27. The molecule has 4 rings (SSSR count). The fourth-order valence-electron chi connectivity index (χ4n) is 4.10. The summed E-state index contributed by atoms with van der Waals surface area (Å²) in [7, 11) is 13.4. The van der Waals surface area contributed by atoms with E-state index in [-0.39, 0.29) is 17.5 Å². The van der Waals surface area contributed by atoms with Crippen LogP contribution in [-0.2, 0) is 15.6 Å². The highest BCUT2D eigenvalue weighted by atomic mass is 35.5. The Hall–Kier alpha value is -4.12. The molecule has 9 nitrogen and oxygen atoms in total. The molecule has 4 aromatic rings. The standard InChI is InChI=1S/C27H23B2ClF2N6O3/c1-13-11-35-18(17-6-7-34-24(37-17)26(3,4)25(40)33-5)10-19(13)38-14(2)8-20(21(30)23(38)39)41-27(28,29)22-16(32)9-15(31)12-36-22/h6-12H,1-5H3,(H,33,40). The Morgan fingerprint density at radius 2 is 1.78 bits per heavy atom. The molecule has 4 aromatic heterocycles. The maximum atomic E-state index is 14.3. The molecule has 0 fully saturated rings. The molecule has 4 radical (unpaired) electrons. The quantitative estimate of drug-likeness (QED) is 0.338. The van der Waals surface area contributed by atoms with E-state index in [1.807, 2.05) is 0 Å². The monoisotopic (exact) mass is 574 g/mol. The molecule has 0 bridgehead atoms. The van der Waals surface area contributed by atoms with Crippen molar-refractivity contribution >= 4 is 33.2 Å². The number of ether oxygens (including phenoxy) is 1. The van der Waals surface area contributed by atoms with E-state index in [1.54, 1.807) is 46.0 Å². The second-order valence-corrected chi connectivity index (χ2v) is 10.2. The van der Waals surface area contributed by atoms with Gasteiger partial charge in [0.1, 0.15) is 55.0 Å². The Kier molecular flexibility index (Phi) is 8.04. The third-order valence-corrected chi connectivity index (χ3v) is 6.69. The first-order valence-electron chi connectivity index (χ1n) is 12.2. The smallest absolute Gasteiger partial charge is 0.277 e. The van der Waals surface area contributed by atoms with Crippen molar-refractivity contribution < 1.29 is 18.3 Å². The number of aryl methyl sites for hydroxylation is 2. The molecule has 0 aliphatic carbocycles. The molecule has 1 amide bonds. The molecule has 0 saturated carbocycles. The third kappa shape index (κ3) is 5.72. The number of nitrogens with one attached hydrogen (secondary N) is 1. The molecule has 0 atom stereocenters. The lowest BCUT2D eigenvalue weighted by Gasteiger charge is -2.28. The molecule has 206 valence electrons. The van der Waals surface area contributed by atoms with Crippen LogP contribution in [0.2, 0.25) is 5.02 Å². The number of halogens is 3. The van der Waals surface area contributed by atoms with Crippen LogP contribution < -0.4 is 15.6 Å². The van der Waals surface area contributed by atoms with Crippen LogP contribution in [0.3, 0.4) is 0 Å². The fourth-order valence-corrected chi connectivity index (χ4v) is 4.28. The Labute approximate surface area is 242 Å². The summed E-state index contributed by atoms with van der Waals surface area (Å²) < 4.78 is 34.4. The van der Waals surface area contributed by atoms with Crippen LogP contribution in [0.4, 0.5) is 8.78 Å². The van der Waals surface area contributed by atoms with Gasteiger partial charge >= 0.3 is 0 Å². The van der Waals surface area contributed by atoms with Gasteiger partial charge in [-0.25, -0.2) is 18.7 Å². The van der Waals surface area contributed by atoms with Crippen molar-refractivity contribution in [1.29, 1.82) is 0 Å².